The average Bonchev–Trinajstić information content (AvgIpc) is 3.39. The van der Waals surface area contributed by atoms with E-state index in [1.54, 1.807) is 7.11 Å². The van der Waals surface area contributed by atoms with Gasteiger partial charge in [0, 0.05) is 18.2 Å². The van der Waals surface area contributed by atoms with E-state index in [0.717, 1.165) is 60.3 Å². The fourth-order valence-corrected chi connectivity index (χ4v) is 6.39. The van der Waals surface area contributed by atoms with E-state index in [4.69, 9.17) is 9.47 Å². The maximum Gasteiger partial charge on any atom is 0.250 e. The zero-order chi connectivity index (χ0) is 25.2. The van der Waals surface area contributed by atoms with Crippen molar-refractivity contribution in [3.05, 3.63) is 77.4 Å². The average molecular weight is 497 g/mol. The van der Waals surface area contributed by atoms with Gasteiger partial charge < -0.3 is 19.7 Å². The molecule has 3 aromatic carbocycles. The number of nitrogens with zero attached hydrogens (tertiary/aromatic N) is 1. The van der Waals surface area contributed by atoms with E-state index >= 15 is 0 Å². The van der Waals surface area contributed by atoms with Crippen LogP contribution in [0.25, 0.3) is 16.8 Å². The lowest BCUT2D eigenvalue weighted by molar-refractivity contribution is -0.118. The van der Waals surface area contributed by atoms with E-state index in [1.165, 1.54) is 24.8 Å². The van der Waals surface area contributed by atoms with Crippen LogP contribution in [0.4, 0.5) is 0 Å². The van der Waals surface area contributed by atoms with Gasteiger partial charge in [0.15, 0.2) is 0 Å². The Morgan fingerprint density at radius 3 is 2.62 bits per heavy atom. The lowest BCUT2D eigenvalue weighted by Crippen LogP contribution is -2.38. The van der Waals surface area contributed by atoms with Gasteiger partial charge >= 0.3 is 0 Å². The van der Waals surface area contributed by atoms with Gasteiger partial charge in [-0.15, -0.1) is 0 Å². The summed E-state index contributed by atoms with van der Waals surface area (Å²) in [6.45, 7) is 3.78. The van der Waals surface area contributed by atoms with Gasteiger partial charge in [0.2, 0.25) is 0 Å². The number of hydrogen-bond acceptors (Lipinski definition) is 4. The lowest BCUT2D eigenvalue weighted by atomic mass is 9.89. The normalized spacial score (nSPS) is 22.2. The number of amides is 1. The molecule has 6 rings (SSSR count). The van der Waals surface area contributed by atoms with Crippen molar-refractivity contribution >= 4 is 22.8 Å². The van der Waals surface area contributed by atoms with E-state index in [2.05, 4.69) is 52.7 Å². The smallest absolute Gasteiger partial charge is 0.250 e. The number of fused-ring (bicyclic) bond motifs is 3. The number of likely N-dealkylation sites (tertiary alicyclic amines) is 1. The fraction of sp³-hybridized carbons (Fsp3) is 0.406. The van der Waals surface area contributed by atoms with Crippen molar-refractivity contribution in [2.45, 2.75) is 44.1 Å². The van der Waals surface area contributed by atoms with Crippen LogP contribution >= 0.6 is 0 Å². The summed E-state index contributed by atoms with van der Waals surface area (Å²) in [5.74, 6) is 3.10. The number of methoxy groups -OCH3 is 1. The molecular weight excluding hydrogens is 460 g/mol. The van der Waals surface area contributed by atoms with Crippen molar-refractivity contribution in [1.82, 2.24) is 10.2 Å². The van der Waals surface area contributed by atoms with Crippen LogP contribution in [-0.2, 0) is 4.79 Å². The van der Waals surface area contributed by atoms with Crippen molar-refractivity contribution in [3.63, 3.8) is 0 Å². The molecule has 0 spiro atoms. The summed E-state index contributed by atoms with van der Waals surface area (Å²) in [4.78, 5) is 15.8. The molecule has 1 N–H and O–H groups in total. The summed E-state index contributed by atoms with van der Waals surface area (Å²) in [5, 5.41) is 5.60. The second kappa shape index (κ2) is 10.6. The highest BCUT2D eigenvalue weighted by molar-refractivity contribution is 6.03. The minimum Gasteiger partial charge on any atom is -0.497 e. The summed E-state index contributed by atoms with van der Waals surface area (Å²) >= 11 is 0. The van der Waals surface area contributed by atoms with Crippen LogP contribution in [0.2, 0.25) is 0 Å². The highest BCUT2D eigenvalue weighted by atomic mass is 16.5. The zero-order valence-corrected chi connectivity index (χ0v) is 21.6. The van der Waals surface area contributed by atoms with Gasteiger partial charge in [-0.25, -0.2) is 0 Å². The first-order chi connectivity index (χ1) is 18.2. The topological polar surface area (TPSA) is 50.8 Å². The Bertz CT molecular complexity index is 1290. The summed E-state index contributed by atoms with van der Waals surface area (Å²) in [6.07, 6.45) is 7.76. The molecule has 3 aliphatic rings. The van der Waals surface area contributed by atoms with Crippen LogP contribution in [0.3, 0.4) is 0 Å². The SMILES string of the molecule is COc1ccc(C2CCN(C[C@H]3CC[C@@H](NC(=O)C4=Cc5c(ccc6ccccc56)OC4)C3)CC2)cc1. The molecule has 37 heavy (non-hydrogen) atoms. The van der Waals surface area contributed by atoms with Crippen molar-refractivity contribution in [3.8, 4) is 11.5 Å². The first-order valence-electron chi connectivity index (χ1n) is 13.7. The third kappa shape index (κ3) is 5.24. The molecule has 192 valence electrons. The number of carbonyl (C=O) groups is 1. The van der Waals surface area contributed by atoms with Crippen molar-refractivity contribution in [1.29, 1.82) is 0 Å². The number of rotatable bonds is 6. The van der Waals surface area contributed by atoms with Gasteiger partial charge in [0.1, 0.15) is 18.1 Å². The first-order valence-corrected chi connectivity index (χ1v) is 13.7. The van der Waals surface area contributed by atoms with E-state index in [1.807, 2.05) is 24.3 Å². The molecule has 5 heteroatoms. The second-order valence-corrected chi connectivity index (χ2v) is 10.9. The Morgan fingerprint density at radius 1 is 1.00 bits per heavy atom. The molecule has 2 fully saturated rings. The Labute approximate surface area is 219 Å². The maximum atomic E-state index is 13.1. The number of hydrogen-bond donors (Lipinski definition) is 1. The molecule has 0 bridgehead atoms. The van der Waals surface area contributed by atoms with Crippen LogP contribution in [0.15, 0.2) is 66.2 Å². The molecule has 2 aliphatic heterocycles. The number of carbonyl (C=O) groups excluding carboxylic acids is 1. The van der Waals surface area contributed by atoms with E-state index in [9.17, 15) is 4.79 Å². The van der Waals surface area contributed by atoms with Gasteiger partial charge in [-0.1, -0.05) is 42.5 Å². The molecule has 2 atom stereocenters. The molecule has 1 saturated heterocycles. The van der Waals surface area contributed by atoms with Crippen LogP contribution in [0, 0.1) is 5.92 Å². The molecule has 5 nitrogen and oxygen atoms in total. The Morgan fingerprint density at radius 2 is 1.81 bits per heavy atom. The Hall–Kier alpha value is -3.31. The molecule has 0 radical (unpaired) electrons. The van der Waals surface area contributed by atoms with Gasteiger partial charge in [-0.2, -0.15) is 0 Å². The third-order valence-corrected chi connectivity index (χ3v) is 8.49. The fourth-order valence-electron chi connectivity index (χ4n) is 6.39. The molecule has 0 unspecified atom stereocenters. The molecule has 3 aromatic rings. The van der Waals surface area contributed by atoms with Crippen LogP contribution < -0.4 is 14.8 Å². The largest absolute Gasteiger partial charge is 0.497 e. The summed E-state index contributed by atoms with van der Waals surface area (Å²) in [7, 11) is 1.72. The maximum absolute atomic E-state index is 13.1. The Kier molecular flexibility index (Phi) is 6.88. The van der Waals surface area contributed by atoms with E-state index in [-0.39, 0.29) is 11.9 Å². The number of nitrogens with one attached hydrogen (secondary N) is 1. The third-order valence-electron chi connectivity index (χ3n) is 8.49. The molecular formula is C32H36N2O3. The molecule has 1 amide bonds. The Balaban J connectivity index is 1.00. The molecule has 1 aliphatic carbocycles. The quantitative estimate of drug-likeness (QED) is 0.469. The predicted molar refractivity (Wildman–Crippen MR) is 148 cm³/mol. The van der Waals surface area contributed by atoms with Gasteiger partial charge in [0.05, 0.1) is 12.7 Å². The first kappa shape index (κ1) is 24.1. The molecule has 2 heterocycles. The standard InChI is InChI=1S/C32H36N2O3/c1-36-28-11-7-23(8-12-28)24-14-16-34(17-15-24)20-22-6-10-27(18-22)33-32(35)26-19-30-29-5-3-2-4-25(29)9-13-31(30)37-21-26/h2-5,7-9,11-13,19,22,24,27H,6,10,14-18,20-21H2,1H3,(H,33,35)/t22-,27+/m0/s1. The number of benzene rings is 3. The monoisotopic (exact) mass is 496 g/mol. The van der Waals surface area contributed by atoms with Crippen molar-refractivity contribution in [2.24, 2.45) is 5.92 Å². The predicted octanol–water partition coefficient (Wildman–Crippen LogP) is 5.79. The number of piperidine rings is 1. The van der Waals surface area contributed by atoms with Crippen LogP contribution in [0.1, 0.15) is 49.1 Å². The van der Waals surface area contributed by atoms with Gasteiger partial charge in [-0.3, -0.25) is 4.79 Å². The summed E-state index contributed by atoms with van der Waals surface area (Å²) in [6, 6.07) is 21.2. The summed E-state index contributed by atoms with van der Waals surface area (Å²) < 4.78 is 11.3. The minimum absolute atomic E-state index is 0.0181. The van der Waals surface area contributed by atoms with Crippen molar-refractivity contribution in [2.75, 3.05) is 33.4 Å². The van der Waals surface area contributed by atoms with Gasteiger partial charge in [-0.05, 0) is 97.6 Å². The lowest BCUT2D eigenvalue weighted by Gasteiger charge is -2.33. The summed E-state index contributed by atoms with van der Waals surface area (Å²) in [5.41, 5.74) is 3.16. The van der Waals surface area contributed by atoms with Crippen molar-refractivity contribution < 1.29 is 14.3 Å². The highest BCUT2D eigenvalue weighted by Gasteiger charge is 2.30. The van der Waals surface area contributed by atoms with E-state index < -0.39 is 0 Å². The van der Waals surface area contributed by atoms with Crippen LogP contribution in [-0.4, -0.2) is 50.2 Å². The molecule has 1 saturated carbocycles. The molecule has 0 aromatic heterocycles. The highest BCUT2D eigenvalue weighted by Crippen LogP contribution is 2.34. The zero-order valence-electron chi connectivity index (χ0n) is 21.6. The van der Waals surface area contributed by atoms with E-state index in [0.29, 0.717) is 24.0 Å². The second-order valence-electron chi connectivity index (χ2n) is 10.9. The van der Waals surface area contributed by atoms with Gasteiger partial charge in [0.25, 0.3) is 5.91 Å². The van der Waals surface area contributed by atoms with Crippen LogP contribution in [0.5, 0.6) is 11.5 Å². The number of ether oxygens (including phenoxy) is 2. The minimum atomic E-state index is 0.0181.